The fourth-order valence-corrected chi connectivity index (χ4v) is 4.11. The SMILES string of the molecule is N#CC=CS(=O)(=O)Nc1ccc(S(=O)(=O)C=CC(=O)O)c2ccccc12. The number of nitriles is 1. The highest BCUT2D eigenvalue weighted by Gasteiger charge is 2.18. The molecule has 0 saturated carbocycles. The minimum Gasteiger partial charge on any atom is -0.478 e. The minimum atomic E-state index is -4.05. The summed E-state index contributed by atoms with van der Waals surface area (Å²) in [7, 11) is -8.00. The molecule has 26 heavy (non-hydrogen) atoms. The average Bonchev–Trinajstić information content (AvgIpc) is 2.58. The fraction of sp³-hybridized carbons (Fsp3) is 0. The molecule has 0 aliphatic rings. The highest BCUT2D eigenvalue weighted by molar-refractivity contribution is 7.95. The zero-order valence-corrected chi connectivity index (χ0v) is 14.7. The Morgan fingerprint density at radius 3 is 2.31 bits per heavy atom. The standard InChI is InChI=1S/C16H12N2O6S2/c17-9-3-10-26(23,24)18-14-6-7-15(13-5-2-1-4-12(13)14)25(21,22)11-8-16(19)20/h1-8,10-11,18H,(H,19,20). The van der Waals surface area contributed by atoms with Crippen molar-refractivity contribution in [1.29, 1.82) is 5.26 Å². The summed E-state index contributed by atoms with van der Waals surface area (Å²) < 4.78 is 50.8. The maximum atomic E-state index is 12.4. The van der Waals surface area contributed by atoms with E-state index in [1.54, 1.807) is 18.2 Å². The van der Waals surface area contributed by atoms with Gasteiger partial charge in [0, 0.05) is 28.3 Å². The monoisotopic (exact) mass is 392 g/mol. The van der Waals surface area contributed by atoms with E-state index in [-0.39, 0.29) is 16.0 Å². The fourth-order valence-electron chi connectivity index (χ4n) is 2.14. The number of aliphatic carboxylic acids is 1. The maximum absolute atomic E-state index is 12.4. The van der Waals surface area contributed by atoms with Gasteiger partial charge in [-0.25, -0.2) is 21.6 Å². The van der Waals surface area contributed by atoms with Crippen molar-refractivity contribution in [3.8, 4) is 6.07 Å². The first kappa shape index (κ1) is 19.2. The van der Waals surface area contributed by atoms with Crippen molar-refractivity contribution in [3.05, 3.63) is 59.4 Å². The van der Waals surface area contributed by atoms with Crippen LogP contribution in [0.5, 0.6) is 0 Å². The molecular formula is C16H12N2O6S2. The van der Waals surface area contributed by atoms with E-state index in [1.807, 2.05) is 0 Å². The second-order valence-electron chi connectivity index (χ2n) is 4.92. The van der Waals surface area contributed by atoms with Crippen molar-refractivity contribution in [2.45, 2.75) is 4.90 Å². The Hall–Kier alpha value is -3.16. The molecule has 0 radical (unpaired) electrons. The summed E-state index contributed by atoms with van der Waals surface area (Å²) in [6, 6.07) is 10.1. The van der Waals surface area contributed by atoms with Gasteiger partial charge >= 0.3 is 5.97 Å². The molecule has 10 heteroatoms. The van der Waals surface area contributed by atoms with Crippen molar-refractivity contribution in [2.24, 2.45) is 0 Å². The van der Waals surface area contributed by atoms with Crippen molar-refractivity contribution < 1.29 is 26.7 Å². The van der Waals surface area contributed by atoms with Crippen LogP contribution < -0.4 is 4.72 Å². The van der Waals surface area contributed by atoms with Gasteiger partial charge in [0.05, 0.1) is 22.1 Å². The molecule has 2 aromatic carbocycles. The number of fused-ring (bicyclic) bond motifs is 1. The smallest absolute Gasteiger partial charge is 0.329 e. The van der Waals surface area contributed by atoms with Crippen LogP contribution in [0, 0.1) is 11.3 Å². The molecule has 0 aromatic heterocycles. The van der Waals surface area contributed by atoms with Gasteiger partial charge in [0.15, 0.2) is 0 Å². The van der Waals surface area contributed by atoms with Gasteiger partial charge in [0.25, 0.3) is 10.0 Å². The summed E-state index contributed by atoms with van der Waals surface area (Å²) in [5.41, 5.74) is 0.115. The maximum Gasteiger partial charge on any atom is 0.329 e. The highest BCUT2D eigenvalue weighted by Crippen LogP contribution is 2.31. The van der Waals surface area contributed by atoms with Crippen LogP contribution in [-0.2, 0) is 24.7 Å². The van der Waals surface area contributed by atoms with Crippen LogP contribution in [0.1, 0.15) is 0 Å². The Balaban J connectivity index is 2.63. The second-order valence-corrected chi connectivity index (χ2v) is 8.29. The third kappa shape index (κ3) is 4.47. The predicted octanol–water partition coefficient (Wildman–Crippen LogP) is 1.99. The van der Waals surface area contributed by atoms with Gasteiger partial charge in [-0.1, -0.05) is 24.3 Å². The molecule has 0 atom stereocenters. The predicted molar refractivity (Wildman–Crippen MR) is 95.2 cm³/mol. The molecule has 0 heterocycles. The van der Waals surface area contributed by atoms with Gasteiger partial charge in [-0.2, -0.15) is 5.26 Å². The van der Waals surface area contributed by atoms with Crippen molar-refractivity contribution >= 4 is 42.3 Å². The number of carbonyl (C=O) groups is 1. The Morgan fingerprint density at radius 1 is 1.04 bits per heavy atom. The lowest BCUT2D eigenvalue weighted by molar-refractivity contribution is -0.131. The number of nitrogens with zero attached hydrogens (tertiary/aromatic N) is 1. The van der Waals surface area contributed by atoms with Crippen LogP contribution in [0.2, 0.25) is 0 Å². The molecule has 2 rings (SSSR count). The first-order chi connectivity index (χ1) is 12.2. The van der Waals surface area contributed by atoms with Gasteiger partial charge in [0.2, 0.25) is 9.84 Å². The molecule has 0 bridgehead atoms. The van der Waals surface area contributed by atoms with E-state index in [0.717, 1.165) is 6.08 Å². The number of carboxylic acids is 1. The van der Waals surface area contributed by atoms with Crippen LogP contribution in [0.3, 0.4) is 0 Å². The number of sulfone groups is 1. The van der Waals surface area contributed by atoms with E-state index >= 15 is 0 Å². The number of nitrogens with one attached hydrogen (secondary N) is 1. The highest BCUT2D eigenvalue weighted by atomic mass is 32.2. The van der Waals surface area contributed by atoms with Crippen LogP contribution in [0.4, 0.5) is 5.69 Å². The van der Waals surface area contributed by atoms with Gasteiger partial charge < -0.3 is 5.11 Å². The summed E-state index contributed by atoms with van der Waals surface area (Å²) >= 11 is 0. The largest absolute Gasteiger partial charge is 0.478 e. The van der Waals surface area contributed by atoms with Gasteiger partial charge in [-0.3, -0.25) is 4.72 Å². The quantitative estimate of drug-likeness (QED) is 0.565. The Kier molecular flexibility index (Phi) is 5.44. The molecule has 0 aliphatic heterocycles. The van der Waals surface area contributed by atoms with Crippen molar-refractivity contribution in [1.82, 2.24) is 0 Å². The summed E-state index contributed by atoms with van der Waals surface area (Å²) in [4.78, 5) is 10.4. The minimum absolute atomic E-state index is 0.115. The normalized spacial score (nSPS) is 12.4. The first-order valence-electron chi connectivity index (χ1n) is 6.93. The molecule has 0 unspecified atom stereocenters. The van der Waals surface area contributed by atoms with Crippen LogP contribution >= 0.6 is 0 Å². The Labute approximate surface area is 149 Å². The lowest BCUT2D eigenvalue weighted by atomic mass is 10.1. The van der Waals surface area contributed by atoms with E-state index in [0.29, 0.717) is 22.3 Å². The molecule has 8 nitrogen and oxygen atoms in total. The zero-order chi connectivity index (χ0) is 19.4. The number of benzene rings is 2. The zero-order valence-electron chi connectivity index (χ0n) is 13.0. The van der Waals surface area contributed by atoms with Crippen molar-refractivity contribution in [2.75, 3.05) is 4.72 Å². The number of anilines is 1. The number of carboxylic acid groups (broad SMARTS) is 1. The van der Waals surface area contributed by atoms with E-state index in [2.05, 4.69) is 4.72 Å². The average molecular weight is 392 g/mol. The topological polar surface area (TPSA) is 141 Å². The summed E-state index contributed by atoms with van der Waals surface area (Å²) in [6.45, 7) is 0. The lowest BCUT2D eigenvalue weighted by Crippen LogP contribution is -2.10. The second kappa shape index (κ2) is 7.38. The number of sulfonamides is 1. The third-order valence-electron chi connectivity index (χ3n) is 3.15. The third-order valence-corrected chi connectivity index (χ3v) is 5.62. The van der Waals surface area contributed by atoms with Gasteiger partial charge in [0.1, 0.15) is 0 Å². The number of hydrogen-bond donors (Lipinski definition) is 2. The molecule has 0 aliphatic carbocycles. The summed E-state index contributed by atoms with van der Waals surface area (Å²) in [6.07, 6.45) is 1.30. The van der Waals surface area contributed by atoms with Crippen LogP contribution in [-0.4, -0.2) is 27.9 Å². The number of rotatable bonds is 6. The molecule has 0 fully saturated rings. The number of allylic oxidation sites excluding steroid dienone is 1. The molecule has 0 amide bonds. The van der Waals surface area contributed by atoms with E-state index in [4.69, 9.17) is 10.4 Å². The molecule has 2 N–H and O–H groups in total. The molecule has 134 valence electrons. The van der Waals surface area contributed by atoms with Crippen molar-refractivity contribution in [3.63, 3.8) is 0 Å². The first-order valence-corrected chi connectivity index (χ1v) is 10.0. The molecule has 2 aromatic rings. The van der Waals surface area contributed by atoms with Gasteiger partial charge in [-0.05, 0) is 12.1 Å². The summed E-state index contributed by atoms with van der Waals surface area (Å²) in [5, 5.41) is 18.8. The Morgan fingerprint density at radius 2 is 1.69 bits per heavy atom. The lowest BCUT2D eigenvalue weighted by Gasteiger charge is -2.11. The molecule has 0 spiro atoms. The molecule has 0 saturated heterocycles. The molecular weight excluding hydrogens is 380 g/mol. The van der Waals surface area contributed by atoms with E-state index in [9.17, 15) is 21.6 Å². The van der Waals surface area contributed by atoms with Crippen LogP contribution in [0.15, 0.2) is 64.3 Å². The van der Waals surface area contributed by atoms with E-state index in [1.165, 1.54) is 24.3 Å². The van der Waals surface area contributed by atoms with E-state index < -0.39 is 25.8 Å². The van der Waals surface area contributed by atoms with Gasteiger partial charge in [-0.15, -0.1) is 0 Å². The summed E-state index contributed by atoms with van der Waals surface area (Å²) in [5.74, 6) is -1.41. The van der Waals surface area contributed by atoms with Crippen LogP contribution in [0.25, 0.3) is 10.8 Å². The number of hydrogen-bond acceptors (Lipinski definition) is 6. The Bertz CT molecular complexity index is 1170.